The first-order valence-electron chi connectivity index (χ1n) is 2.90. The summed E-state index contributed by atoms with van der Waals surface area (Å²) in [5, 5.41) is 0. The highest BCUT2D eigenvalue weighted by molar-refractivity contribution is 5.70. The highest BCUT2D eigenvalue weighted by Gasteiger charge is 1.94. The van der Waals surface area contributed by atoms with Gasteiger partial charge >= 0.3 is 0 Å². The molecule has 0 aliphatic carbocycles. The number of nitrogens with one attached hydrogen (secondary N) is 2. The second kappa shape index (κ2) is 2.49. The molecule has 2 heterocycles. The average Bonchev–Trinajstić information content (AvgIpc) is 2.33. The van der Waals surface area contributed by atoms with Crippen LogP contribution < -0.4 is 4.98 Å². The molecule has 0 spiro atoms. The molecule has 0 bridgehead atoms. The molecule has 3 heteroatoms. The summed E-state index contributed by atoms with van der Waals surface area (Å²) in [6, 6.07) is 6.01. The Balaban J connectivity index is 0.000000500. The minimum Gasteiger partial charge on any atom is -0.870 e. The second-order valence-electron chi connectivity index (χ2n) is 1.98. The Morgan fingerprint density at radius 2 is 2.20 bits per heavy atom. The van der Waals surface area contributed by atoms with Gasteiger partial charge < -0.3 is 10.5 Å². The number of hydrogen-bond donors (Lipinski definition) is 1. The van der Waals surface area contributed by atoms with Crippen LogP contribution in [0.3, 0.4) is 0 Å². The third-order valence-corrected chi connectivity index (χ3v) is 1.38. The smallest absolute Gasteiger partial charge is 0.228 e. The maximum Gasteiger partial charge on any atom is 0.228 e. The number of pyridine rings is 1. The van der Waals surface area contributed by atoms with Crippen LogP contribution in [0.4, 0.5) is 0 Å². The first kappa shape index (κ1) is 6.77. The van der Waals surface area contributed by atoms with Crippen LogP contribution in [0.15, 0.2) is 30.6 Å². The molecule has 0 amide bonds. The number of aromatic amines is 2. The zero-order chi connectivity index (χ0) is 6.10. The van der Waals surface area contributed by atoms with Crippen molar-refractivity contribution in [3.63, 3.8) is 0 Å². The molecule has 0 unspecified atom stereocenters. The fraction of sp³-hybridized carbons (Fsp3) is 0. The van der Waals surface area contributed by atoms with Crippen LogP contribution in [0, 0.1) is 0 Å². The topological polar surface area (TPSA) is 59.9 Å². The summed E-state index contributed by atoms with van der Waals surface area (Å²) >= 11 is 0. The zero-order valence-corrected chi connectivity index (χ0v) is 5.33. The summed E-state index contributed by atoms with van der Waals surface area (Å²) in [5.74, 6) is 0. The third-order valence-electron chi connectivity index (χ3n) is 1.38. The Morgan fingerprint density at radius 1 is 1.30 bits per heavy atom. The van der Waals surface area contributed by atoms with Gasteiger partial charge in [-0.2, -0.15) is 0 Å². The highest BCUT2D eigenvalue weighted by Crippen LogP contribution is 2.01. The van der Waals surface area contributed by atoms with E-state index >= 15 is 0 Å². The fourth-order valence-corrected chi connectivity index (χ4v) is 0.928. The molecule has 0 atom stereocenters. The SMILES string of the molecule is [OH-].c1c[nH+]c2cc[nH]c2c1. The Morgan fingerprint density at radius 3 is 3.00 bits per heavy atom. The van der Waals surface area contributed by atoms with Crippen LogP contribution in [0.2, 0.25) is 0 Å². The van der Waals surface area contributed by atoms with Crippen molar-refractivity contribution in [2.24, 2.45) is 0 Å². The molecular formula is C7H8N2O. The predicted molar refractivity (Wildman–Crippen MR) is 36.8 cm³/mol. The van der Waals surface area contributed by atoms with E-state index in [-0.39, 0.29) is 5.48 Å². The second-order valence-corrected chi connectivity index (χ2v) is 1.98. The lowest BCUT2D eigenvalue weighted by atomic mass is 10.4. The molecule has 0 aromatic carbocycles. The summed E-state index contributed by atoms with van der Waals surface area (Å²) in [4.78, 5) is 6.19. The summed E-state index contributed by atoms with van der Waals surface area (Å²) in [6.07, 6.45) is 3.83. The van der Waals surface area contributed by atoms with Crippen molar-refractivity contribution in [2.45, 2.75) is 0 Å². The first-order valence-corrected chi connectivity index (χ1v) is 2.90. The van der Waals surface area contributed by atoms with E-state index in [1.165, 1.54) is 0 Å². The summed E-state index contributed by atoms with van der Waals surface area (Å²) in [7, 11) is 0. The summed E-state index contributed by atoms with van der Waals surface area (Å²) in [6.45, 7) is 0. The van der Waals surface area contributed by atoms with Crippen molar-refractivity contribution >= 4 is 11.0 Å². The van der Waals surface area contributed by atoms with E-state index in [0.29, 0.717) is 0 Å². The molecule has 0 saturated heterocycles. The number of hydrogen-bond acceptors (Lipinski definition) is 1. The van der Waals surface area contributed by atoms with Gasteiger partial charge in [0.2, 0.25) is 5.52 Å². The average molecular weight is 136 g/mol. The van der Waals surface area contributed by atoms with E-state index in [4.69, 9.17) is 0 Å². The van der Waals surface area contributed by atoms with Gasteiger partial charge in [-0.25, -0.2) is 4.98 Å². The van der Waals surface area contributed by atoms with E-state index in [1.54, 1.807) is 0 Å². The van der Waals surface area contributed by atoms with Gasteiger partial charge in [0.1, 0.15) is 5.52 Å². The van der Waals surface area contributed by atoms with Gasteiger partial charge in [0.05, 0.1) is 0 Å². The quantitative estimate of drug-likeness (QED) is 0.572. The molecular weight excluding hydrogens is 128 g/mol. The molecule has 0 aliphatic heterocycles. The van der Waals surface area contributed by atoms with E-state index in [1.807, 2.05) is 30.6 Å². The predicted octanol–water partition coefficient (Wildman–Crippen LogP) is 0.805. The molecule has 0 aliphatic rings. The van der Waals surface area contributed by atoms with Crippen LogP contribution in [0.5, 0.6) is 0 Å². The molecule has 0 radical (unpaired) electrons. The number of rotatable bonds is 0. The highest BCUT2D eigenvalue weighted by atomic mass is 16.0. The lowest BCUT2D eigenvalue weighted by Crippen LogP contribution is -1.98. The van der Waals surface area contributed by atoms with E-state index in [2.05, 4.69) is 9.97 Å². The van der Waals surface area contributed by atoms with E-state index < -0.39 is 0 Å². The molecule has 0 saturated carbocycles. The molecule has 10 heavy (non-hydrogen) atoms. The van der Waals surface area contributed by atoms with Gasteiger partial charge in [-0.15, -0.1) is 0 Å². The van der Waals surface area contributed by atoms with Crippen molar-refractivity contribution in [1.82, 2.24) is 4.98 Å². The molecule has 2 aromatic rings. The number of fused-ring (bicyclic) bond motifs is 1. The van der Waals surface area contributed by atoms with Crippen molar-refractivity contribution < 1.29 is 10.5 Å². The minimum atomic E-state index is 0. The molecule has 0 fully saturated rings. The largest absolute Gasteiger partial charge is 0.870 e. The number of aromatic nitrogens is 2. The fourth-order valence-electron chi connectivity index (χ4n) is 0.928. The third kappa shape index (κ3) is 0.867. The summed E-state index contributed by atoms with van der Waals surface area (Å²) < 4.78 is 0. The van der Waals surface area contributed by atoms with Gasteiger partial charge in [0.25, 0.3) is 0 Å². The van der Waals surface area contributed by atoms with Crippen molar-refractivity contribution in [3.05, 3.63) is 30.6 Å². The Kier molecular flexibility index (Phi) is 1.69. The van der Waals surface area contributed by atoms with Crippen LogP contribution in [-0.4, -0.2) is 10.5 Å². The molecule has 2 aromatic heterocycles. The van der Waals surface area contributed by atoms with Crippen molar-refractivity contribution in [2.75, 3.05) is 0 Å². The van der Waals surface area contributed by atoms with Crippen molar-refractivity contribution in [3.8, 4) is 0 Å². The normalized spacial score (nSPS) is 9.20. The van der Waals surface area contributed by atoms with Crippen LogP contribution in [0.25, 0.3) is 11.0 Å². The molecule has 2 rings (SSSR count). The Hall–Kier alpha value is -1.35. The maximum atomic E-state index is 3.10. The van der Waals surface area contributed by atoms with Crippen LogP contribution in [0.1, 0.15) is 0 Å². The minimum absolute atomic E-state index is 0. The van der Waals surface area contributed by atoms with E-state index in [9.17, 15) is 0 Å². The van der Waals surface area contributed by atoms with Crippen molar-refractivity contribution in [1.29, 1.82) is 0 Å². The van der Waals surface area contributed by atoms with Crippen LogP contribution in [-0.2, 0) is 0 Å². The molecule has 3 N–H and O–H groups in total. The van der Waals surface area contributed by atoms with Gasteiger partial charge in [-0.1, -0.05) is 0 Å². The number of H-pyrrole nitrogens is 2. The Bertz CT molecular complexity index is 286. The van der Waals surface area contributed by atoms with Gasteiger partial charge in [0.15, 0.2) is 6.20 Å². The zero-order valence-electron chi connectivity index (χ0n) is 5.33. The standard InChI is InChI=1S/C7H6N2.H2O/c1-2-6-7(8-4-1)3-5-9-6;/h1-5,9H;1H2. The lowest BCUT2D eigenvalue weighted by Gasteiger charge is -1.76. The molecule has 3 nitrogen and oxygen atoms in total. The van der Waals surface area contributed by atoms with E-state index in [0.717, 1.165) is 11.0 Å². The van der Waals surface area contributed by atoms with Crippen LogP contribution >= 0.6 is 0 Å². The van der Waals surface area contributed by atoms with Gasteiger partial charge in [-0.3, -0.25) is 0 Å². The monoisotopic (exact) mass is 136 g/mol. The molecule has 52 valence electrons. The summed E-state index contributed by atoms with van der Waals surface area (Å²) in [5.41, 5.74) is 2.30. The first-order chi connectivity index (χ1) is 4.47. The van der Waals surface area contributed by atoms with Gasteiger partial charge in [-0.05, 0) is 6.07 Å². The Labute approximate surface area is 58.0 Å². The van der Waals surface area contributed by atoms with Gasteiger partial charge in [0, 0.05) is 18.3 Å². The lowest BCUT2D eigenvalue weighted by molar-refractivity contribution is -0.344. The maximum absolute atomic E-state index is 3.10.